The fourth-order valence-electron chi connectivity index (χ4n) is 2.82. The van der Waals surface area contributed by atoms with Crippen LogP contribution in [0.3, 0.4) is 0 Å². The molecule has 2 aromatic carbocycles. The number of amides is 2. The molecular weight excluding hydrogens is 384 g/mol. The first kappa shape index (κ1) is 19.7. The summed E-state index contributed by atoms with van der Waals surface area (Å²) in [5.74, 6) is -0.828. The van der Waals surface area contributed by atoms with Crippen LogP contribution in [0.15, 0.2) is 42.5 Å². The maximum absolute atomic E-state index is 12.4. The van der Waals surface area contributed by atoms with E-state index in [-0.39, 0.29) is 25.0 Å². The Kier molecular flexibility index (Phi) is 6.16. The van der Waals surface area contributed by atoms with E-state index in [0.717, 1.165) is 5.56 Å². The van der Waals surface area contributed by atoms with Crippen molar-refractivity contribution in [3.8, 4) is 5.75 Å². The molecule has 3 rings (SSSR count). The van der Waals surface area contributed by atoms with Gasteiger partial charge in [0.1, 0.15) is 18.9 Å². The first-order valence-electron chi connectivity index (χ1n) is 8.63. The highest BCUT2D eigenvalue weighted by Crippen LogP contribution is 2.30. The molecule has 0 saturated carbocycles. The van der Waals surface area contributed by atoms with Crippen molar-refractivity contribution >= 4 is 35.1 Å². The van der Waals surface area contributed by atoms with Crippen molar-refractivity contribution in [1.29, 1.82) is 0 Å². The Morgan fingerprint density at radius 1 is 1.18 bits per heavy atom. The largest absolute Gasteiger partial charge is 0.492 e. The Bertz CT molecular complexity index is 898. The number of anilines is 1. The molecule has 1 heterocycles. The molecule has 0 unspecified atom stereocenters. The van der Waals surface area contributed by atoms with Crippen LogP contribution >= 0.6 is 11.6 Å². The van der Waals surface area contributed by atoms with Crippen molar-refractivity contribution in [2.75, 3.05) is 25.6 Å². The Hall–Kier alpha value is -3.06. The Morgan fingerprint density at radius 2 is 1.93 bits per heavy atom. The second-order valence-electron chi connectivity index (χ2n) is 6.29. The first-order valence-corrected chi connectivity index (χ1v) is 9.01. The lowest BCUT2D eigenvalue weighted by Crippen LogP contribution is -2.39. The maximum atomic E-state index is 12.4. The van der Waals surface area contributed by atoms with E-state index < -0.39 is 11.9 Å². The Morgan fingerprint density at radius 3 is 2.64 bits per heavy atom. The standard InChI is InChI=1S/C20H19ClN2O5/c1-27-18(24)10-22-19(25)14-8-13-9-16(6-7-17(13)28-11-14)23-20(26)12-2-4-15(21)5-3-12/h2-7,9,14H,8,10-11H2,1H3,(H,22,25)(H,23,26)/t14-/m0/s1. The van der Waals surface area contributed by atoms with Gasteiger partial charge >= 0.3 is 5.97 Å². The highest BCUT2D eigenvalue weighted by atomic mass is 35.5. The van der Waals surface area contributed by atoms with Crippen molar-refractivity contribution < 1.29 is 23.9 Å². The van der Waals surface area contributed by atoms with Crippen LogP contribution in [-0.4, -0.2) is 38.0 Å². The summed E-state index contributed by atoms with van der Waals surface area (Å²) in [6, 6.07) is 11.9. The molecule has 0 radical (unpaired) electrons. The van der Waals surface area contributed by atoms with Gasteiger partial charge in [0.2, 0.25) is 5.91 Å². The van der Waals surface area contributed by atoms with Gasteiger partial charge in [-0.3, -0.25) is 14.4 Å². The van der Waals surface area contributed by atoms with E-state index in [9.17, 15) is 14.4 Å². The number of carbonyl (C=O) groups excluding carboxylic acids is 3. The maximum Gasteiger partial charge on any atom is 0.325 e. The van der Waals surface area contributed by atoms with E-state index in [4.69, 9.17) is 16.3 Å². The third-order valence-corrected chi connectivity index (χ3v) is 4.59. The van der Waals surface area contributed by atoms with Crippen LogP contribution in [0.5, 0.6) is 5.75 Å². The van der Waals surface area contributed by atoms with E-state index in [1.54, 1.807) is 42.5 Å². The zero-order chi connectivity index (χ0) is 20.1. The van der Waals surface area contributed by atoms with Crippen molar-refractivity contribution in [2.45, 2.75) is 6.42 Å². The van der Waals surface area contributed by atoms with Gasteiger partial charge < -0.3 is 20.1 Å². The normalized spacial score (nSPS) is 15.0. The molecule has 1 aliphatic rings. The smallest absolute Gasteiger partial charge is 0.325 e. The van der Waals surface area contributed by atoms with Crippen LogP contribution in [0.4, 0.5) is 5.69 Å². The summed E-state index contributed by atoms with van der Waals surface area (Å²) >= 11 is 5.84. The van der Waals surface area contributed by atoms with Crippen molar-refractivity contribution in [2.24, 2.45) is 5.92 Å². The summed E-state index contributed by atoms with van der Waals surface area (Å²) in [5, 5.41) is 5.91. The third kappa shape index (κ3) is 4.80. The van der Waals surface area contributed by atoms with Crippen LogP contribution < -0.4 is 15.4 Å². The lowest BCUT2D eigenvalue weighted by Gasteiger charge is -2.25. The lowest BCUT2D eigenvalue weighted by molar-refractivity contribution is -0.141. The van der Waals surface area contributed by atoms with E-state index in [1.165, 1.54) is 7.11 Å². The molecule has 1 aliphatic heterocycles. The molecule has 0 aliphatic carbocycles. The van der Waals surface area contributed by atoms with Gasteiger partial charge in [-0.05, 0) is 54.4 Å². The summed E-state index contributed by atoms with van der Waals surface area (Å²) in [5.41, 5.74) is 1.88. The molecule has 8 heteroatoms. The first-order chi connectivity index (χ1) is 13.5. The fraction of sp³-hybridized carbons (Fsp3) is 0.250. The average Bonchev–Trinajstić information content (AvgIpc) is 2.71. The molecule has 7 nitrogen and oxygen atoms in total. The van der Waals surface area contributed by atoms with Crippen molar-refractivity contribution in [1.82, 2.24) is 5.32 Å². The van der Waals surface area contributed by atoms with Crippen LogP contribution in [0.25, 0.3) is 0 Å². The summed E-state index contributed by atoms with van der Waals surface area (Å²) in [7, 11) is 1.26. The number of nitrogens with one attached hydrogen (secondary N) is 2. The van der Waals surface area contributed by atoms with E-state index in [1.807, 2.05) is 0 Å². The highest BCUT2D eigenvalue weighted by Gasteiger charge is 2.26. The van der Waals surface area contributed by atoms with Gasteiger partial charge in [0.15, 0.2) is 0 Å². The predicted molar refractivity (Wildman–Crippen MR) is 104 cm³/mol. The molecule has 0 spiro atoms. The second-order valence-corrected chi connectivity index (χ2v) is 6.73. The van der Waals surface area contributed by atoms with Crippen LogP contribution in [0.2, 0.25) is 5.02 Å². The van der Waals surface area contributed by atoms with Crippen molar-refractivity contribution in [3.63, 3.8) is 0 Å². The number of esters is 1. The summed E-state index contributed by atoms with van der Waals surface area (Å²) in [4.78, 5) is 35.7. The number of halogens is 1. The zero-order valence-corrected chi connectivity index (χ0v) is 15.9. The number of hydrogen-bond acceptors (Lipinski definition) is 5. The Balaban J connectivity index is 1.65. The van der Waals surface area contributed by atoms with Gasteiger partial charge in [0, 0.05) is 16.3 Å². The zero-order valence-electron chi connectivity index (χ0n) is 15.2. The number of rotatable bonds is 5. The minimum Gasteiger partial charge on any atom is -0.492 e. The topological polar surface area (TPSA) is 93.7 Å². The second kappa shape index (κ2) is 8.75. The van der Waals surface area contributed by atoms with E-state index in [2.05, 4.69) is 15.4 Å². The molecule has 2 amide bonds. The molecule has 0 saturated heterocycles. The minimum absolute atomic E-state index is 0.185. The van der Waals surface area contributed by atoms with Gasteiger partial charge in [-0.25, -0.2) is 0 Å². The number of methoxy groups -OCH3 is 1. The van der Waals surface area contributed by atoms with Crippen LogP contribution in [0.1, 0.15) is 15.9 Å². The van der Waals surface area contributed by atoms with Gasteiger partial charge in [-0.1, -0.05) is 11.6 Å². The molecule has 0 aromatic heterocycles. The van der Waals surface area contributed by atoms with Crippen LogP contribution in [-0.2, 0) is 20.7 Å². The van der Waals surface area contributed by atoms with Crippen LogP contribution in [0, 0.1) is 5.92 Å². The molecule has 0 fully saturated rings. The molecule has 28 heavy (non-hydrogen) atoms. The fourth-order valence-corrected chi connectivity index (χ4v) is 2.95. The highest BCUT2D eigenvalue weighted by molar-refractivity contribution is 6.30. The minimum atomic E-state index is -0.516. The summed E-state index contributed by atoms with van der Waals surface area (Å²) in [6.45, 7) is 0.0341. The quantitative estimate of drug-likeness (QED) is 0.749. The molecule has 2 aromatic rings. The van der Waals surface area contributed by atoms with Gasteiger partial charge in [0.25, 0.3) is 5.91 Å². The third-order valence-electron chi connectivity index (χ3n) is 4.34. The average molecular weight is 403 g/mol. The van der Waals surface area contributed by atoms with E-state index in [0.29, 0.717) is 28.4 Å². The van der Waals surface area contributed by atoms with Gasteiger partial charge in [0.05, 0.1) is 13.0 Å². The lowest BCUT2D eigenvalue weighted by atomic mass is 9.95. The molecule has 0 bridgehead atoms. The van der Waals surface area contributed by atoms with Gasteiger partial charge in [-0.2, -0.15) is 0 Å². The molecular formula is C20H19ClN2O5. The number of ether oxygens (including phenoxy) is 2. The number of benzene rings is 2. The number of hydrogen-bond donors (Lipinski definition) is 2. The molecule has 146 valence electrons. The summed E-state index contributed by atoms with van der Waals surface area (Å²) in [6.07, 6.45) is 0.437. The SMILES string of the molecule is COC(=O)CNC(=O)[C@@H]1COc2ccc(NC(=O)c3ccc(Cl)cc3)cc2C1. The predicted octanol–water partition coefficient (Wildman–Crippen LogP) is 2.43. The van der Waals surface area contributed by atoms with Crippen molar-refractivity contribution in [3.05, 3.63) is 58.6 Å². The van der Waals surface area contributed by atoms with E-state index >= 15 is 0 Å². The number of carbonyl (C=O) groups is 3. The Labute approximate surface area is 167 Å². The molecule has 1 atom stereocenters. The monoisotopic (exact) mass is 402 g/mol. The van der Waals surface area contributed by atoms with Gasteiger partial charge in [-0.15, -0.1) is 0 Å². The summed E-state index contributed by atoms with van der Waals surface area (Å²) < 4.78 is 10.2. The molecule has 2 N–H and O–H groups in total. The number of fused-ring (bicyclic) bond motifs is 1.